The predicted octanol–water partition coefficient (Wildman–Crippen LogP) is 2.33. The molecule has 4 nitrogen and oxygen atoms in total. The van der Waals surface area contributed by atoms with Gasteiger partial charge >= 0.3 is 0 Å². The Labute approximate surface area is 119 Å². The number of benzene rings is 1. The van der Waals surface area contributed by atoms with E-state index >= 15 is 0 Å². The quantitative estimate of drug-likeness (QED) is 0.927. The summed E-state index contributed by atoms with van der Waals surface area (Å²) in [6.07, 6.45) is 5.03. The van der Waals surface area contributed by atoms with E-state index in [4.69, 9.17) is 0 Å². The number of hydrogen-bond donors (Lipinski definition) is 1. The molecule has 0 aliphatic carbocycles. The Kier molecular flexibility index (Phi) is 3.92. The number of anilines is 1. The van der Waals surface area contributed by atoms with Crippen LogP contribution in [0.3, 0.4) is 0 Å². The summed E-state index contributed by atoms with van der Waals surface area (Å²) < 4.78 is 0. The third-order valence-electron chi connectivity index (χ3n) is 3.82. The van der Waals surface area contributed by atoms with Gasteiger partial charge in [-0.15, -0.1) is 0 Å². The van der Waals surface area contributed by atoms with E-state index in [1.807, 2.05) is 42.7 Å². The van der Waals surface area contributed by atoms with E-state index in [0.29, 0.717) is 6.04 Å². The van der Waals surface area contributed by atoms with Gasteiger partial charge in [0.15, 0.2) is 5.82 Å². The first-order valence-electron chi connectivity index (χ1n) is 7.23. The van der Waals surface area contributed by atoms with E-state index in [-0.39, 0.29) is 0 Å². The largest absolute Gasteiger partial charge is 0.364 e. The normalized spacial score (nSPS) is 19.1. The summed E-state index contributed by atoms with van der Waals surface area (Å²) in [5.74, 6) is 0.789. The van der Waals surface area contributed by atoms with Crippen LogP contribution in [0.2, 0.25) is 0 Å². The van der Waals surface area contributed by atoms with E-state index in [1.165, 1.54) is 0 Å². The van der Waals surface area contributed by atoms with Gasteiger partial charge in [-0.25, -0.2) is 9.97 Å². The van der Waals surface area contributed by atoms with Gasteiger partial charge in [0.2, 0.25) is 0 Å². The zero-order valence-electron chi connectivity index (χ0n) is 11.8. The molecule has 0 bridgehead atoms. The second-order valence-corrected chi connectivity index (χ2v) is 5.09. The van der Waals surface area contributed by atoms with E-state index in [0.717, 1.165) is 43.1 Å². The first kappa shape index (κ1) is 13.1. The molecule has 1 aromatic heterocycles. The van der Waals surface area contributed by atoms with Crippen LogP contribution < -0.4 is 10.2 Å². The van der Waals surface area contributed by atoms with Crippen molar-refractivity contribution in [2.45, 2.75) is 19.4 Å². The number of piperazine rings is 1. The van der Waals surface area contributed by atoms with Gasteiger partial charge in [-0.1, -0.05) is 37.3 Å². The van der Waals surface area contributed by atoms with Crippen molar-refractivity contribution < 1.29 is 0 Å². The lowest BCUT2D eigenvalue weighted by Crippen LogP contribution is -2.51. The first-order chi connectivity index (χ1) is 9.88. The minimum Gasteiger partial charge on any atom is -0.364 e. The van der Waals surface area contributed by atoms with Gasteiger partial charge in [-0.2, -0.15) is 0 Å². The summed E-state index contributed by atoms with van der Waals surface area (Å²) in [7, 11) is 0. The lowest BCUT2D eigenvalue weighted by molar-refractivity contribution is 0.465. The first-order valence-corrected chi connectivity index (χ1v) is 7.23. The molecule has 0 amide bonds. The lowest BCUT2D eigenvalue weighted by atomic mass is 10.1. The van der Waals surface area contributed by atoms with Crippen LogP contribution in [0, 0.1) is 0 Å². The molecule has 20 heavy (non-hydrogen) atoms. The molecule has 4 heteroatoms. The van der Waals surface area contributed by atoms with Gasteiger partial charge in [-0.3, -0.25) is 0 Å². The zero-order valence-corrected chi connectivity index (χ0v) is 11.8. The van der Waals surface area contributed by atoms with Gasteiger partial charge in [0.05, 0.1) is 18.1 Å². The highest BCUT2D eigenvalue weighted by molar-refractivity contribution is 5.56. The molecule has 0 spiro atoms. The van der Waals surface area contributed by atoms with E-state index in [2.05, 4.69) is 27.1 Å². The highest BCUT2D eigenvalue weighted by Gasteiger charge is 2.21. The SMILES string of the molecule is CCC1CNCCN1c1cnc(-c2ccccc2)nc1. The molecular weight excluding hydrogens is 248 g/mol. The summed E-state index contributed by atoms with van der Waals surface area (Å²) in [6, 6.07) is 10.6. The second kappa shape index (κ2) is 6.01. The number of nitrogens with one attached hydrogen (secondary N) is 1. The Morgan fingerprint density at radius 1 is 1.20 bits per heavy atom. The molecule has 0 saturated carbocycles. The van der Waals surface area contributed by atoms with Gasteiger partial charge in [-0.05, 0) is 6.42 Å². The highest BCUT2D eigenvalue weighted by Crippen LogP contribution is 2.20. The summed E-state index contributed by atoms with van der Waals surface area (Å²) in [4.78, 5) is 11.4. The Hall–Kier alpha value is -1.94. The predicted molar refractivity (Wildman–Crippen MR) is 81.8 cm³/mol. The molecule has 0 radical (unpaired) electrons. The lowest BCUT2D eigenvalue weighted by Gasteiger charge is -2.37. The summed E-state index contributed by atoms with van der Waals surface area (Å²) in [6.45, 7) is 5.31. The van der Waals surface area contributed by atoms with Crippen LogP contribution >= 0.6 is 0 Å². The minimum absolute atomic E-state index is 0.537. The Bertz CT molecular complexity index is 538. The number of hydrogen-bond acceptors (Lipinski definition) is 4. The van der Waals surface area contributed by atoms with Crippen LogP contribution in [0.5, 0.6) is 0 Å². The van der Waals surface area contributed by atoms with Gasteiger partial charge in [0.25, 0.3) is 0 Å². The molecule has 1 atom stereocenters. The molecule has 2 aromatic rings. The fourth-order valence-electron chi connectivity index (χ4n) is 2.67. The van der Waals surface area contributed by atoms with Crippen molar-refractivity contribution >= 4 is 5.69 Å². The van der Waals surface area contributed by atoms with Crippen molar-refractivity contribution in [3.63, 3.8) is 0 Å². The van der Waals surface area contributed by atoms with Crippen molar-refractivity contribution in [1.29, 1.82) is 0 Å². The van der Waals surface area contributed by atoms with Crippen LogP contribution in [0.4, 0.5) is 5.69 Å². The van der Waals surface area contributed by atoms with Gasteiger partial charge in [0, 0.05) is 31.2 Å². The van der Waals surface area contributed by atoms with Crippen molar-refractivity contribution in [2.24, 2.45) is 0 Å². The molecule has 2 heterocycles. The molecule has 1 aliphatic rings. The second-order valence-electron chi connectivity index (χ2n) is 5.09. The maximum absolute atomic E-state index is 4.52. The fraction of sp³-hybridized carbons (Fsp3) is 0.375. The summed E-state index contributed by atoms with van der Waals surface area (Å²) >= 11 is 0. The molecule has 1 saturated heterocycles. The van der Waals surface area contributed by atoms with Crippen LogP contribution in [0.1, 0.15) is 13.3 Å². The van der Waals surface area contributed by atoms with Crippen LogP contribution in [-0.4, -0.2) is 35.6 Å². The summed E-state index contributed by atoms with van der Waals surface area (Å²) in [5, 5.41) is 3.44. The van der Waals surface area contributed by atoms with E-state index < -0.39 is 0 Å². The number of aromatic nitrogens is 2. The molecule has 1 N–H and O–H groups in total. The Morgan fingerprint density at radius 2 is 1.95 bits per heavy atom. The molecule has 1 aliphatic heterocycles. The number of nitrogens with zero attached hydrogens (tertiary/aromatic N) is 3. The Balaban J connectivity index is 1.82. The minimum atomic E-state index is 0.537. The van der Waals surface area contributed by atoms with E-state index in [9.17, 15) is 0 Å². The average molecular weight is 268 g/mol. The van der Waals surface area contributed by atoms with Crippen LogP contribution in [0.15, 0.2) is 42.7 Å². The third kappa shape index (κ3) is 2.65. The molecule has 3 rings (SSSR count). The molecule has 1 fully saturated rings. The van der Waals surface area contributed by atoms with Gasteiger partial charge < -0.3 is 10.2 Å². The highest BCUT2D eigenvalue weighted by atomic mass is 15.2. The summed E-state index contributed by atoms with van der Waals surface area (Å²) in [5.41, 5.74) is 2.18. The number of rotatable bonds is 3. The molecule has 1 aromatic carbocycles. The smallest absolute Gasteiger partial charge is 0.159 e. The van der Waals surface area contributed by atoms with Gasteiger partial charge in [0.1, 0.15) is 0 Å². The van der Waals surface area contributed by atoms with Crippen LogP contribution in [0.25, 0.3) is 11.4 Å². The fourth-order valence-corrected chi connectivity index (χ4v) is 2.67. The maximum atomic E-state index is 4.52. The van der Waals surface area contributed by atoms with Crippen molar-refractivity contribution in [3.05, 3.63) is 42.7 Å². The maximum Gasteiger partial charge on any atom is 0.159 e. The molecule has 1 unspecified atom stereocenters. The monoisotopic (exact) mass is 268 g/mol. The third-order valence-corrected chi connectivity index (χ3v) is 3.82. The van der Waals surface area contributed by atoms with Crippen molar-refractivity contribution in [2.75, 3.05) is 24.5 Å². The van der Waals surface area contributed by atoms with E-state index in [1.54, 1.807) is 0 Å². The molecule has 104 valence electrons. The standard InChI is InChI=1S/C16H20N4/c1-2-14-10-17-8-9-20(14)15-11-18-16(19-12-15)13-6-4-3-5-7-13/h3-7,11-12,14,17H,2,8-10H2,1H3. The van der Waals surface area contributed by atoms with Crippen LogP contribution in [-0.2, 0) is 0 Å². The zero-order chi connectivity index (χ0) is 13.8. The Morgan fingerprint density at radius 3 is 2.65 bits per heavy atom. The molecular formula is C16H20N4. The van der Waals surface area contributed by atoms with Crippen molar-refractivity contribution in [1.82, 2.24) is 15.3 Å². The average Bonchev–Trinajstić information content (AvgIpc) is 2.56. The van der Waals surface area contributed by atoms with Crippen molar-refractivity contribution in [3.8, 4) is 11.4 Å². The topological polar surface area (TPSA) is 41.0 Å².